The first-order chi connectivity index (χ1) is 1.00. The number of rotatable bonds is 0. The average molecular weight is 96.2 g/mol. The molecule has 0 saturated heterocycles. The van der Waals surface area contributed by atoms with E-state index in [4.69, 9.17) is 5.02 Å². The molecule has 0 unspecified atom stereocenters. The van der Waals surface area contributed by atoms with Gasteiger partial charge in [-0.3, -0.25) is 0 Å². The summed E-state index contributed by atoms with van der Waals surface area (Å²) >= 11 is 0. The van der Waals surface area contributed by atoms with Crippen molar-refractivity contribution in [3.8, 4) is 0 Å². The zero-order valence-electron chi connectivity index (χ0n) is 6.44. The van der Waals surface area contributed by atoms with E-state index in [0.29, 0.717) is 0 Å². The molecule has 4 heteroatoms. The van der Waals surface area contributed by atoms with Crippen LogP contribution in [0.3, 0.4) is 0 Å². The van der Waals surface area contributed by atoms with Crippen LogP contribution < -0.4 is 0 Å². The van der Waals surface area contributed by atoms with E-state index >= 15 is 0 Å². The molecule has 0 aromatic carbocycles. The fourth-order valence-electron chi connectivity index (χ4n) is 0. The van der Waals surface area contributed by atoms with Gasteiger partial charge in [0.1, 0.15) is 0 Å². The molecule has 1 N–H and O–H groups in total. The molecule has 0 aromatic rings. The van der Waals surface area contributed by atoms with Crippen molar-refractivity contribution in [1.29, 1.82) is 0 Å². The van der Waals surface area contributed by atoms with E-state index in [-0.39, 0.29) is 66.5 Å². The van der Waals surface area contributed by atoms with Gasteiger partial charge in [-0.1, -0.05) is 0 Å². The monoisotopic (exact) mass is 96.0 g/mol. The van der Waals surface area contributed by atoms with Crippen molar-refractivity contribution in [3.05, 3.63) is 0 Å². The van der Waals surface area contributed by atoms with Gasteiger partial charge in [0.25, 0.3) is 8.05 Å². The SMILES string of the molecule is [B]O.[Ca+2].[H-].[H-].[H-].[H-].[Mg+2]. The Balaban J connectivity index is -0.000000000333. The molecule has 0 amide bonds. The minimum Gasteiger partial charge on any atom is -1.00 e. The third kappa shape index (κ3) is 8.96. The maximum atomic E-state index is 6.50. The molecule has 0 atom stereocenters. The maximum absolute atomic E-state index is 6.50. The summed E-state index contributed by atoms with van der Waals surface area (Å²) in [6, 6.07) is 0. The predicted octanol–water partition coefficient (Wildman–Crippen LogP) is -1.25. The Bertz CT molecular complexity index is 16.0. The van der Waals surface area contributed by atoms with Crippen LogP contribution in [-0.4, -0.2) is 73.9 Å². The zero-order chi connectivity index (χ0) is 2.00. The molecule has 18 valence electrons. The fraction of sp³-hybridized carbons (Fsp3) is 0. The molecule has 0 fully saturated rings. The van der Waals surface area contributed by atoms with Crippen molar-refractivity contribution in [2.75, 3.05) is 0 Å². The van der Waals surface area contributed by atoms with Crippen LogP contribution in [0, 0.1) is 0 Å². The molecule has 4 heavy (non-hydrogen) atoms. The van der Waals surface area contributed by atoms with Crippen LogP contribution >= 0.6 is 0 Å². The van der Waals surface area contributed by atoms with Crippen molar-refractivity contribution in [3.63, 3.8) is 0 Å². The van der Waals surface area contributed by atoms with Gasteiger partial charge in [-0.25, -0.2) is 0 Å². The topological polar surface area (TPSA) is 20.2 Å². The summed E-state index contributed by atoms with van der Waals surface area (Å²) in [4.78, 5) is 0. The summed E-state index contributed by atoms with van der Waals surface area (Å²) in [5.41, 5.74) is 0. The second-order valence-corrected chi connectivity index (χ2v) is 0. The van der Waals surface area contributed by atoms with E-state index in [2.05, 4.69) is 8.05 Å². The van der Waals surface area contributed by atoms with Crippen LogP contribution in [-0.2, 0) is 0 Å². The van der Waals surface area contributed by atoms with E-state index in [1.165, 1.54) is 0 Å². The number of hydrogen-bond donors (Lipinski definition) is 1. The largest absolute Gasteiger partial charge is 2.00 e. The van der Waals surface area contributed by atoms with E-state index in [9.17, 15) is 0 Å². The second kappa shape index (κ2) is 19.7. The first-order valence-corrected chi connectivity index (χ1v) is 0.258. The molecule has 0 aliphatic carbocycles. The van der Waals surface area contributed by atoms with Gasteiger partial charge in [-0.05, 0) is 0 Å². The van der Waals surface area contributed by atoms with Crippen LogP contribution in [0.15, 0.2) is 0 Å². The molecule has 2 radical (unpaired) electrons. The molecule has 0 rings (SSSR count). The Morgan fingerprint density at radius 2 is 1.50 bits per heavy atom. The molecule has 0 aliphatic heterocycles. The van der Waals surface area contributed by atoms with E-state index in [0.717, 1.165) is 0 Å². The minimum absolute atomic E-state index is 0. The molecule has 0 aliphatic rings. The normalized spacial score (nSPS) is 1.25. The quantitative estimate of drug-likeness (QED) is 0.374. The first kappa shape index (κ1) is 16.6. The molecular formula is H5BCaMgO. The third-order valence-electron chi connectivity index (χ3n) is 0. The van der Waals surface area contributed by atoms with Crippen LogP contribution in [0.2, 0.25) is 0 Å². The van der Waals surface area contributed by atoms with Gasteiger partial charge in [0.15, 0.2) is 0 Å². The van der Waals surface area contributed by atoms with Gasteiger partial charge in [-0.2, -0.15) is 0 Å². The van der Waals surface area contributed by atoms with Crippen LogP contribution in [0.4, 0.5) is 0 Å². The van der Waals surface area contributed by atoms with Crippen LogP contribution in [0.25, 0.3) is 0 Å². The Morgan fingerprint density at radius 3 is 1.50 bits per heavy atom. The van der Waals surface area contributed by atoms with Gasteiger partial charge in [0.05, 0.1) is 0 Å². The van der Waals surface area contributed by atoms with Gasteiger partial charge in [0.2, 0.25) is 0 Å². The van der Waals surface area contributed by atoms with Crippen molar-refractivity contribution in [1.82, 2.24) is 0 Å². The summed E-state index contributed by atoms with van der Waals surface area (Å²) in [7, 11) is 3.50. The zero-order valence-corrected chi connectivity index (χ0v) is 6.06. The molecule has 0 bridgehead atoms. The fourth-order valence-corrected chi connectivity index (χ4v) is 0. The average Bonchev–Trinajstić information content (AvgIpc) is 1.00. The number of hydrogen-bond acceptors (Lipinski definition) is 1. The molecular weight excluding hydrogens is 91.2 g/mol. The van der Waals surface area contributed by atoms with Crippen molar-refractivity contribution in [2.24, 2.45) is 0 Å². The molecule has 0 spiro atoms. The summed E-state index contributed by atoms with van der Waals surface area (Å²) in [6.45, 7) is 0. The van der Waals surface area contributed by atoms with Gasteiger partial charge < -0.3 is 10.7 Å². The van der Waals surface area contributed by atoms with Gasteiger partial charge in [-0.15, -0.1) is 0 Å². The smallest absolute Gasteiger partial charge is 1.00 e. The molecule has 0 saturated carbocycles. The van der Waals surface area contributed by atoms with E-state index in [1.54, 1.807) is 0 Å². The van der Waals surface area contributed by atoms with Crippen molar-refractivity contribution < 1.29 is 10.7 Å². The standard InChI is InChI=1S/BHO.Ca.Mg.4H/c1-2;;;;;;/h2H;;;;;;/q;2*+2;4*-1. The Labute approximate surface area is 78.7 Å². The van der Waals surface area contributed by atoms with Gasteiger partial charge in [0, 0.05) is 0 Å². The Hall–Kier alpha value is 2.05. The summed E-state index contributed by atoms with van der Waals surface area (Å²) in [5, 5.41) is 6.50. The van der Waals surface area contributed by atoms with Crippen molar-refractivity contribution >= 4 is 68.8 Å². The molecule has 0 aromatic heterocycles. The van der Waals surface area contributed by atoms with Crippen molar-refractivity contribution in [2.45, 2.75) is 0 Å². The minimum atomic E-state index is 0. The van der Waals surface area contributed by atoms with Gasteiger partial charge >= 0.3 is 60.8 Å². The molecule has 1 nitrogen and oxygen atoms in total. The van der Waals surface area contributed by atoms with Crippen LogP contribution in [0.5, 0.6) is 0 Å². The summed E-state index contributed by atoms with van der Waals surface area (Å²) < 4.78 is 0. The van der Waals surface area contributed by atoms with E-state index < -0.39 is 0 Å². The van der Waals surface area contributed by atoms with E-state index in [1.807, 2.05) is 0 Å². The Kier molecular flexibility index (Phi) is 81.7. The summed E-state index contributed by atoms with van der Waals surface area (Å²) in [5.74, 6) is 0. The first-order valence-electron chi connectivity index (χ1n) is 0.258. The maximum Gasteiger partial charge on any atom is 2.00 e. The summed E-state index contributed by atoms with van der Waals surface area (Å²) in [6.07, 6.45) is 0. The third-order valence-corrected chi connectivity index (χ3v) is 0. The Morgan fingerprint density at radius 1 is 1.50 bits per heavy atom. The predicted molar refractivity (Wildman–Crippen MR) is 23.9 cm³/mol. The van der Waals surface area contributed by atoms with Crippen LogP contribution in [0.1, 0.15) is 5.71 Å². The molecule has 0 heterocycles. The second-order valence-electron chi connectivity index (χ2n) is 0.